The van der Waals surface area contributed by atoms with Gasteiger partial charge in [-0.15, -0.1) is 0 Å². The van der Waals surface area contributed by atoms with E-state index in [0.717, 1.165) is 12.1 Å². The SMILES string of the molecule is COc1ccc(C(=O)CCS(=O)(=O)c2ccc(F)cc2)cc1. The molecular weight excluding hydrogens is 307 g/mol. The van der Waals surface area contributed by atoms with Crippen molar-refractivity contribution in [2.75, 3.05) is 12.9 Å². The normalized spacial score (nSPS) is 11.2. The lowest BCUT2D eigenvalue weighted by Gasteiger charge is -2.05. The predicted octanol–water partition coefficient (Wildman–Crippen LogP) is 2.88. The van der Waals surface area contributed by atoms with Gasteiger partial charge < -0.3 is 4.74 Å². The summed E-state index contributed by atoms with van der Waals surface area (Å²) in [6.07, 6.45) is -0.133. The minimum atomic E-state index is -3.61. The highest BCUT2D eigenvalue weighted by molar-refractivity contribution is 7.91. The molecule has 0 fully saturated rings. The summed E-state index contributed by atoms with van der Waals surface area (Å²) in [5, 5.41) is 0. The molecule has 0 N–H and O–H groups in total. The lowest BCUT2D eigenvalue weighted by Crippen LogP contribution is -2.11. The van der Waals surface area contributed by atoms with Crippen molar-refractivity contribution < 1.29 is 22.3 Å². The summed E-state index contributed by atoms with van der Waals surface area (Å²) in [7, 11) is -2.09. The number of carbonyl (C=O) groups is 1. The van der Waals surface area contributed by atoms with Crippen molar-refractivity contribution in [3.8, 4) is 5.75 Å². The second kappa shape index (κ2) is 6.70. The third kappa shape index (κ3) is 3.92. The highest BCUT2D eigenvalue weighted by Gasteiger charge is 2.17. The Morgan fingerprint density at radius 2 is 1.64 bits per heavy atom. The monoisotopic (exact) mass is 322 g/mol. The topological polar surface area (TPSA) is 60.4 Å². The summed E-state index contributed by atoms with van der Waals surface area (Å²) in [4.78, 5) is 12.0. The first-order valence-electron chi connectivity index (χ1n) is 6.58. The summed E-state index contributed by atoms with van der Waals surface area (Å²) >= 11 is 0. The van der Waals surface area contributed by atoms with Crippen LogP contribution in [0.25, 0.3) is 0 Å². The molecule has 0 heterocycles. The van der Waals surface area contributed by atoms with Gasteiger partial charge in [0.05, 0.1) is 17.8 Å². The lowest BCUT2D eigenvalue weighted by molar-refractivity contribution is 0.0988. The van der Waals surface area contributed by atoms with Crippen LogP contribution in [0.2, 0.25) is 0 Å². The van der Waals surface area contributed by atoms with Gasteiger partial charge >= 0.3 is 0 Å². The van der Waals surface area contributed by atoms with Crippen molar-refractivity contribution in [3.05, 3.63) is 59.9 Å². The fraction of sp³-hybridized carbons (Fsp3) is 0.188. The molecule has 2 aromatic carbocycles. The first-order chi connectivity index (χ1) is 10.4. The fourth-order valence-electron chi connectivity index (χ4n) is 1.91. The number of halogens is 1. The van der Waals surface area contributed by atoms with Gasteiger partial charge in [-0.2, -0.15) is 0 Å². The molecule has 6 heteroatoms. The summed E-state index contributed by atoms with van der Waals surface area (Å²) in [6, 6.07) is 11.0. The van der Waals surface area contributed by atoms with E-state index in [0.29, 0.717) is 11.3 Å². The number of hydrogen-bond acceptors (Lipinski definition) is 4. The van der Waals surface area contributed by atoms with Crippen LogP contribution in [0.1, 0.15) is 16.8 Å². The molecule has 22 heavy (non-hydrogen) atoms. The van der Waals surface area contributed by atoms with Crippen LogP contribution in [0.5, 0.6) is 5.75 Å². The second-order valence-corrected chi connectivity index (χ2v) is 6.78. The Morgan fingerprint density at radius 1 is 1.05 bits per heavy atom. The van der Waals surface area contributed by atoms with Crippen LogP contribution < -0.4 is 4.74 Å². The fourth-order valence-corrected chi connectivity index (χ4v) is 3.15. The quantitative estimate of drug-likeness (QED) is 0.606. The standard InChI is InChI=1S/C16H15FO4S/c1-21-14-6-2-12(3-7-14)16(18)10-11-22(19,20)15-8-4-13(17)5-9-15/h2-9H,10-11H2,1H3. The molecule has 0 bridgehead atoms. The van der Waals surface area contributed by atoms with Gasteiger partial charge in [-0.3, -0.25) is 4.79 Å². The molecule has 0 aliphatic rings. The first kappa shape index (κ1) is 16.2. The Kier molecular flexibility index (Phi) is 4.92. The Labute approximate surface area is 128 Å². The van der Waals surface area contributed by atoms with Crippen LogP contribution in [-0.4, -0.2) is 27.1 Å². The van der Waals surface area contributed by atoms with Gasteiger partial charge in [-0.05, 0) is 48.5 Å². The van der Waals surface area contributed by atoms with Crippen LogP contribution >= 0.6 is 0 Å². The van der Waals surface area contributed by atoms with Crippen molar-refractivity contribution in [1.29, 1.82) is 0 Å². The molecule has 2 aromatic rings. The maximum atomic E-state index is 12.8. The maximum absolute atomic E-state index is 12.8. The van der Waals surface area contributed by atoms with E-state index in [1.54, 1.807) is 24.3 Å². The number of carbonyl (C=O) groups excluding carboxylic acids is 1. The van der Waals surface area contributed by atoms with Gasteiger partial charge in [0.25, 0.3) is 0 Å². The third-order valence-electron chi connectivity index (χ3n) is 3.18. The van der Waals surface area contributed by atoms with Gasteiger partial charge in [0.15, 0.2) is 15.6 Å². The molecular formula is C16H15FO4S. The average Bonchev–Trinajstić information content (AvgIpc) is 2.53. The molecule has 0 spiro atoms. The Hall–Kier alpha value is -2.21. The van der Waals surface area contributed by atoms with E-state index in [1.807, 2.05) is 0 Å². The molecule has 0 saturated carbocycles. The van der Waals surface area contributed by atoms with E-state index in [-0.39, 0.29) is 22.9 Å². The molecule has 0 amide bonds. The van der Waals surface area contributed by atoms with Gasteiger partial charge in [0.1, 0.15) is 11.6 Å². The summed E-state index contributed by atoms with van der Waals surface area (Å²) in [5.74, 6) is -0.471. The Balaban J connectivity index is 2.04. The zero-order valence-electron chi connectivity index (χ0n) is 12.0. The van der Waals surface area contributed by atoms with Crippen LogP contribution in [0.4, 0.5) is 4.39 Å². The van der Waals surface area contributed by atoms with Crippen LogP contribution in [0.15, 0.2) is 53.4 Å². The van der Waals surface area contributed by atoms with Gasteiger partial charge in [-0.1, -0.05) is 0 Å². The smallest absolute Gasteiger partial charge is 0.178 e. The third-order valence-corrected chi connectivity index (χ3v) is 4.91. The summed E-state index contributed by atoms with van der Waals surface area (Å²) < 4.78 is 42.0. The number of hydrogen-bond donors (Lipinski definition) is 0. The number of benzene rings is 2. The number of sulfone groups is 1. The summed E-state index contributed by atoms with van der Waals surface area (Å²) in [5.41, 5.74) is 0.426. The number of ketones is 1. The van der Waals surface area contributed by atoms with Crippen LogP contribution in [0.3, 0.4) is 0 Å². The van der Waals surface area contributed by atoms with E-state index in [2.05, 4.69) is 0 Å². The highest BCUT2D eigenvalue weighted by atomic mass is 32.2. The van der Waals surface area contributed by atoms with E-state index in [1.165, 1.54) is 19.2 Å². The van der Waals surface area contributed by atoms with Crippen LogP contribution in [0, 0.1) is 5.82 Å². The number of methoxy groups -OCH3 is 1. The molecule has 0 saturated heterocycles. The zero-order valence-corrected chi connectivity index (χ0v) is 12.8. The number of rotatable bonds is 6. The van der Waals surface area contributed by atoms with Crippen molar-refractivity contribution in [2.24, 2.45) is 0 Å². The van der Waals surface area contributed by atoms with E-state index in [4.69, 9.17) is 4.74 Å². The molecule has 0 aromatic heterocycles. The summed E-state index contributed by atoms with van der Waals surface area (Å²) in [6.45, 7) is 0. The minimum Gasteiger partial charge on any atom is -0.497 e. The maximum Gasteiger partial charge on any atom is 0.178 e. The number of Topliss-reactive ketones (excluding diaryl/α,β-unsaturated/α-hetero) is 1. The minimum absolute atomic E-state index is 0.0106. The Bertz CT molecular complexity index is 750. The average molecular weight is 322 g/mol. The molecule has 0 aliphatic carbocycles. The van der Waals surface area contributed by atoms with E-state index >= 15 is 0 Å². The van der Waals surface area contributed by atoms with Gasteiger partial charge in [0, 0.05) is 12.0 Å². The van der Waals surface area contributed by atoms with Crippen molar-refractivity contribution in [3.63, 3.8) is 0 Å². The molecule has 0 aliphatic heterocycles. The van der Waals surface area contributed by atoms with Crippen molar-refractivity contribution in [1.82, 2.24) is 0 Å². The molecule has 0 unspecified atom stereocenters. The van der Waals surface area contributed by atoms with Gasteiger partial charge in [0.2, 0.25) is 0 Å². The Morgan fingerprint density at radius 3 is 2.18 bits per heavy atom. The molecule has 0 radical (unpaired) electrons. The predicted molar refractivity (Wildman–Crippen MR) is 80.4 cm³/mol. The van der Waals surface area contributed by atoms with E-state index < -0.39 is 15.7 Å². The van der Waals surface area contributed by atoms with E-state index in [9.17, 15) is 17.6 Å². The molecule has 2 rings (SSSR count). The van der Waals surface area contributed by atoms with Crippen LogP contribution in [-0.2, 0) is 9.84 Å². The second-order valence-electron chi connectivity index (χ2n) is 4.67. The largest absolute Gasteiger partial charge is 0.497 e. The van der Waals surface area contributed by atoms with Crippen molar-refractivity contribution >= 4 is 15.6 Å². The zero-order chi connectivity index (χ0) is 16.2. The molecule has 0 atom stereocenters. The highest BCUT2D eigenvalue weighted by Crippen LogP contribution is 2.16. The first-order valence-corrected chi connectivity index (χ1v) is 8.23. The van der Waals surface area contributed by atoms with Gasteiger partial charge in [-0.25, -0.2) is 12.8 Å². The molecule has 116 valence electrons. The molecule has 4 nitrogen and oxygen atoms in total. The number of ether oxygens (including phenoxy) is 1. The lowest BCUT2D eigenvalue weighted by atomic mass is 10.1. The van der Waals surface area contributed by atoms with Crippen molar-refractivity contribution in [2.45, 2.75) is 11.3 Å².